The normalized spacial score (nSPS) is 15.8. The number of para-hydroxylation sites is 1. The van der Waals surface area contributed by atoms with Gasteiger partial charge in [0.2, 0.25) is 0 Å². The van der Waals surface area contributed by atoms with Crippen molar-refractivity contribution in [2.75, 3.05) is 38.2 Å². The third-order valence-corrected chi connectivity index (χ3v) is 4.14. The molecule has 0 aromatic heterocycles. The maximum Gasteiger partial charge on any atom is 0.160 e. The molecule has 1 fully saturated rings. The predicted octanol–water partition coefficient (Wildman–Crippen LogP) is 2.72. The number of hydrogen-bond donors (Lipinski definition) is 1. The summed E-state index contributed by atoms with van der Waals surface area (Å²) in [4.78, 5) is 4.84. The molecule has 2 aromatic carbocycles. The predicted molar refractivity (Wildman–Crippen MR) is 88.6 cm³/mol. The number of aromatic hydroxyl groups is 1. The van der Waals surface area contributed by atoms with Crippen LogP contribution in [0.3, 0.4) is 0 Å². The lowest BCUT2D eigenvalue weighted by Gasteiger charge is -2.36. The number of benzene rings is 2. The minimum absolute atomic E-state index is 0.211. The summed E-state index contributed by atoms with van der Waals surface area (Å²) in [5.41, 5.74) is 2.41. The van der Waals surface area contributed by atoms with E-state index < -0.39 is 0 Å². The third-order valence-electron chi connectivity index (χ3n) is 4.14. The van der Waals surface area contributed by atoms with E-state index in [1.807, 2.05) is 12.1 Å². The molecule has 22 heavy (non-hydrogen) atoms. The summed E-state index contributed by atoms with van der Waals surface area (Å²) in [5.74, 6) is 0.737. The van der Waals surface area contributed by atoms with Crippen molar-refractivity contribution in [2.24, 2.45) is 0 Å². The molecule has 116 valence electrons. The lowest BCUT2D eigenvalue weighted by Crippen LogP contribution is -2.45. The van der Waals surface area contributed by atoms with Gasteiger partial charge in [-0.3, -0.25) is 4.90 Å². The number of rotatable bonds is 4. The number of ether oxygens (including phenoxy) is 1. The highest BCUT2D eigenvalue weighted by Crippen LogP contribution is 2.27. The number of anilines is 1. The van der Waals surface area contributed by atoms with Crippen LogP contribution in [0.2, 0.25) is 0 Å². The Morgan fingerprint density at radius 3 is 2.36 bits per heavy atom. The summed E-state index contributed by atoms with van der Waals surface area (Å²) in [6.07, 6.45) is 0. The topological polar surface area (TPSA) is 35.9 Å². The average Bonchev–Trinajstić information content (AvgIpc) is 2.57. The summed E-state index contributed by atoms with van der Waals surface area (Å²) in [7, 11) is 1.57. The van der Waals surface area contributed by atoms with E-state index in [9.17, 15) is 5.11 Å². The Morgan fingerprint density at radius 1 is 1.00 bits per heavy atom. The molecule has 1 saturated heterocycles. The molecular weight excluding hydrogens is 276 g/mol. The van der Waals surface area contributed by atoms with Crippen LogP contribution in [-0.2, 0) is 6.54 Å². The largest absolute Gasteiger partial charge is 0.504 e. The number of methoxy groups -OCH3 is 1. The van der Waals surface area contributed by atoms with Gasteiger partial charge in [-0.1, -0.05) is 24.3 Å². The third kappa shape index (κ3) is 3.34. The lowest BCUT2D eigenvalue weighted by atomic mass is 10.1. The smallest absolute Gasteiger partial charge is 0.160 e. The van der Waals surface area contributed by atoms with Gasteiger partial charge in [0.15, 0.2) is 11.5 Å². The maximum absolute atomic E-state index is 9.86. The van der Waals surface area contributed by atoms with Gasteiger partial charge in [-0.25, -0.2) is 0 Å². The van der Waals surface area contributed by atoms with Crippen molar-refractivity contribution >= 4 is 5.69 Å². The van der Waals surface area contributed by atoms with Crippen molar-refractivity contribution in [3.8, 4) is 11.5 Å². The van der Waals surface area contributed by atoms with Crippen LogP contribution in [0.5, 0.6) is 11.5 Å². The zero-order chi connectivity index (χ0) is 15.4. The van der Waals surface area contributed by atoms with E-state index >= 15 is 0 Å². The van der Waals surface area contributed by atoms with Gasteiger partial charge >= 0.3 is 0 Å². The molecule has 0 bridgehead atoms. The van der Waals surface area contributed by atoms with E-state index in [4.69, 9.17) is 4.74 Å². The summed E-state index contributed by atoms with van der Waals surface area (Å²) in [5, 5.41) is 9.86. The molecule has 1 heterocycles. The molecule has 2 aromatic rings. The number of nitrogens with zero attached hydrogens (tertiary/aromatic N) is 2. The molecule has 4 nitrogen and oxygen atoms in total. The van der Waals surface area contributed by atoms with E-state index in [1.54, 1.807) is 13.2 Å². The molecule has 0 spiro atoms. The molecule has 4 heteroatoms. The van der Waals surface area contributed by atoms with E-state index in [-0.39, 0.29) is 5.75 Å². The van der Waals surface area contributed by atoms with Gasteiger partial charge in [-0.2, -0.15) is 0 Å². The van der Waals surface area contributed by atoms with Crippen molar-refractivity contribution in [1.82, 2.24) is 4.90 Å². The van der Waals surface area contributed by atoms with Gasteiger partial charge in [-0.05, 0) is 29.8 Å². The first-order valence-corrected chi connectivity index (χ1v) is 7.64. The van der Waals surface area contributed by atoms with Crippen LogP contribution < -0.4 is 9.64 Å². The van der Waals surface area contributed by atoms with Crippen LogP contribution >= 0.6 is 0 Å². The van der Waals surface area contributed by atoms with Crippen LogP contribution in [0.25, 0.3) is 0 Å². The van der Waals surface area contributed by atoms with Gasteiger partial charge in [0.1, 0.15) is 0 Å². The average molecular weight is 298 g/mol. The SMILES string of the molecule is COc1ccc(CN2CCN(c3ccccc3)CC2)cc1O. The Labute approximate surface area is 131 Å². The van der Waals surface area contributed by atoms with E-state index in [1.165, 1.54) is 5.69 Å². The molecule has 0 saturated carbocycles. The molecule has 0 radical (unpaired) electrons. The Bertz CT molecular complexity index is 608. The molecule has 0 amide bonds. The van der Waals surface area contributed by atoms with Crippen molar-refractivity contribution < 1.29 is 9.84 Å². The summed E-state index contributed by atoms with van der Waals surface area (Å²) in [6, 6.07) is 16.2. The molecule has 1 aliphatic heterocycles. The molecule has 1 N–H and O–H groups in total. The van der Waals surface area contributed by atoms with Crippen molar-refractivity contribution in [1.29, 1.82) is 0 Å². The number of hydrogen-bond acceptors (Lipinski definition) is 4. The first-order chi connectivity index (χ1) is 10.8. The zero-order valence-corrected chi connectivity index (χ0v) is 12.9. The summed E-state index contributed by atoms with van der Waals surface area (Å²) < 4.78 is 5.08. The number of phenols is 1. The van der Waals surface area contributed by atoms with E-state index in [0.717, 1.165) is 38.3 Å². The first-order valence-electron chi connectivity index (χ1n) is 7.64. The first kappa shape index (κ1) is 14.7. The molecule has 3 rings (SSSR count). The van der Waals surface area contributed by atoms with Gasteiger partial charge in [0.25, 0.3) is 0 Å². The molecule has 0 aliphatic carbocycles. The fourth-order valence-electron chi connectivity index (χ4n) is 2.90. The lowest BCUT2D eigenvalue weighted by molar-refractivity contribution is 0.249. The van der Waals surface area contributed by atoms with Crippen LogP contribution in [0.15, 0.2) is 48.5 Å². The second-order valence-corrected chi connectivity index (χ2v) is 5.60. The molecule has 0 atom stereocenters. The molecule has 0 unspecified atom stereocenters. The number of phenolic OH excluding ortho intramolecular Hbond substituents is 1. The van der Waals surface area contributed by atoms with Gasteiger partial charge < -0.3 is 14.7 Å². The van der Waals surface area contributed by atoms with E-state index in [2.05, 4.69) is 40.1 Å². The van der Waals surface area contributed by atoms with Crippen molar-refractivity contribution in [3.63, 3.8) is 0 Å². The van der Waals surface area contributed by atoms with Crippen LogP contribution in [-0.4, -0.2) is 43.3 Å². The fourth-order valence-corrected chi connectivity index (χ4v) is 2.90. The Balaban J connectivity index is 1.57. The van der Waals surface area contributed by atoms with Gasteiger partial charge in [0, 0.05) is 38.4 Å². The van der Waals surface area contributed by atoms with Gasteiger partial charge in [-0.15, -0.1) is 0 Å². The zero-order valence-electron chi connectivity index (χ0n) is 12.9. The standard InChI is InChI=1S/C18H22N2O2/c1-22-18-8-7-15(13-17(18)21)14-19-9-11-20(12-10-19)16-5-3-2-4-6-16/h2-8,13,21H,9-12,14H2,1H3. The summed E-state index contributed by atoms with van der Waals surface area (Å²) >= 11 is 0. The number of piperazine rings is 1. The minimum Gasteiger partial charge on any atom is -0.504 e. The fraction of sp³-hybridized carbons (Fsp3) is 0.333. The van der Waals surface area contributed by atoms with Crippen LogP contribution in [0.1, 0.15) is 5.56 Å². The molecular formula is C18H22N2O2. The summed E-state index contributed by atoms with van der Waals surface area (Å²) in [6.45, 7) is 4.99. The van der Waals surface area contributed by atoms with Gasteiger partial charge in [0.05, 0.1) is 7.11 Å². The van der Waals surface area contributed by atoms with E-state index in [0.29, 0.717) is 5.75 Å². The quantitative estimate of drug-likeness (QED) is 0.941. The monoisotopic (exact) mass is 298 g/mol. The molecule has 1 aliphatic rings. The van der Waals surface area contributed by atoms with Crippen LogP contribution in [0, 0.1) is 0 Å². The highest BCUT2D eigenvalue weighted by atomic mass is 16.5. The second-order valence-electron chi connectivity index (χ2n) is 5.60. The second kappa shape index (κ2) is 6.71. The highest BCUT2D eigenvalue weighted by molar-refractivity contribution is 5.46. The van der Waals surface area contributed by atoms with Crippen molar-refractivity contribution in [3.05, 3.63) is 54.1 Å². The highest BCUT2D eigenvalue weighted by Gasteiger charge is 2.17. The Kier molecular flexibility index (Phi) is 4.49. The minimum atomic E-state index is 0.211. The van der Waals surface area contributed by atoms with Crippen molar-refractivity contribution in [2.45, 2.75) is 6.54 Å². The Hall–Kier alpha value is -2.20. The maximum atomic E-state index is 9.86. The Morgan fingerprint density at radius 2 is 1.73 bits per heavy atom. The van der Waals surface area contributed by atoms with Crippen LogP contribution in [0.4, 0.5) is 5.69 Å².